The summed E-state index contributed by atoms with van der Waals surface area (Å²) in [6, 6.07) is 0. The van der Waals surface area contributed by atoms with Gasteiger partial charge in [0.05, 0.1) is 5.69 Å². The highest BCUT2D eigenvalue weighted by Gasteiger charge is 2.30. The number of hydrogen-bond donors (Lipinski definition) is 1. The Balaban J connectivity index is 2.15. The molecule has 1 saturated carbocycles. The van der Waals surface area contributed by atoms with Crippen LogP contribution in [0, 0.1) is 0 Å². The predicted octanol–water partition coefficient (Wildman–Crippen LogP) is 3.62. The molecule has 0 saturated heterocycles. The van der Waals surface area contributed by atoms with Gasteiger partial charge in [-0.15, -0.1) is 11.3 Å². The molecule has 0 amide bonds. The van der Waals surface area contributed by atoms with E-state index >= 15 is 0 Å². The number of aromatic nitrogens is 1. The number of thiazole rings is 1. The Hall–Kier alpha value is -0.450. The van der Waals surface area contributed by atoms with Crippen LogP contribution in [-0.4, -0.2) is 18.6 Å². The molecule has 0 radical (unpaired) electrons. The summed E-state index contributed by atoms with van der Waals surface area (Å²) in [7, 11) is 1.79. The molecule has 4 heteroatoms. The first-order valence-corrected chi connectivity index (χ1v) is 7.84. The predicted molar refractivity (Wildman–Crippen MR) is 76.1 cm³/mol. The van der Waals surface area contributed by atoms with E-state index in [1.807, 2.05) is 11.3 Å². The molecule has 0 bridgehead atoms. The van der Waals surface area contributed by atoms with Gasteiger partial charge in [0.1, 0.15) is 11.1 Å². The molecule has 3 nitrogen and oxygen atoms in total. The molecule has 1 fully saturated rings. The lowest BCUT2D eigenvalue weighted by atomic mass is 10.2. The molecule has 1 N–H and O–H groups in total. The molecule has 1 aliphatic carbocycles. The minimum Gasteiger partial charge on any atom is -0.374 e. The lowest BCUT2D eigenvalue weighted by Gasteiger charge is -2.10. The van der Waals surface area contributed by atoms with Crippen molar-refractivity contribution in [3.8, 4) is 0 Å². The lowest BCUT2D eigenvalue weighted by Crippen LogP contribution is -2.11. The fraction of sp³-hybridized carbons (Fsp3) is 0.786. The van der Waals surface area contributed by atoms with Crippen LogP contribution in [-0.2, 0) is 11.3 Å². The van der Waals surface area contributed by atoms with Crippen LogP contribution in [0.25, 0.3) is 0 Å². The lowest BCUT2D eigenvalue weighted by molar-refractivity contribution is 0.0946. The van der Waals surface area contributed by atoms with Gasteiger partial charge < -0.3 is 10.1 Å². The van der Waals surface area contributed by atoms with Crippen molar-refractivity contribution in [1.82, 2.24) is 10.3 Å². The summed E-state index contributed by atoms with van der Waals surface area (Å²) in [5.41, 5.74) is 1.34. The molecular weight excluding hydrogens is 244 g/mol. The minimum atomic E-state index is 0.188. The number of methoxy groups -OCH3 is 1. The SMILES string of the molecule is CCCC(OC)c1nc(C2CC2)c(CNCC)s1. The van der Waals surface area contributed by atoms with Gasteiger partial charge in [0.25, 0.3) is 0 Å². The van der Waals surface area contributed by atoms with E-state index in [1.54, 1.807) is 7.11 Å². The maximum Gasteiger partial charge on any atom is 0.122 e. The van der Waals surface area contributed by atoms with E-state index in [4.69, 9.17) is 9.72 Å². The van der Waals surface area contributed by atoms with Crippen molar-refractivity contribution in [3.63, 3.8) is 0 Å². The van der Waals surface area contributed by atoms with Crippen LogP contribution in [0.3, 0.4) is 0 Å². The summed E-state index contributed by atoms with van der Waals surface area (Å²) >= 11 is 1.84. The maximum absolute atomic E-state index is 5.58. The standard InChI is InChI=1S/C14H24N2OS/c1-4-6-11(17-3)14-16-13(10-7-8-10)12(18-14)9-15-5-2/h10-11,15H,4-9H2,1-3H3. The molecule has 0 aliphatic heterocycles. The first-order valence-electron chi connectivity index (χ1n) is 7.03. The Kier molecular flexibility index (Phi) is 5.15. The number of nitrogens with one attached hydrogen (secondary N) is 1. The third-order valence-corrected chi connectivity index (χ3v) is 4.52. The highest BCUT2D eigenvalue weighted by molar-refractivity contribution is 7.11. The van der Waals surface area contributed by atoms with Crippen molar-refractivity contribution in [2.24, 2.45) is 0 Å². The van der Waals surface area contributed by atoms with Crippen LogP contribution < -0.4 is 5.32 Å². The van der Waals surface area contributed by atoms with Crippen molar-refractivity contribution in [2.45, 2.75) is 58.1 Å². The van der Waals surface area contributed by atoms with Crippen LogP contribution in [0.2, 0.25) is 0 Å². The zero-order valence-electron chi connectivity index (χ0n) is 11.7. The number of rotatable bonds is 8. The fourth-order valence-electron chi connectivity index (χ4n) is 2.17. The zero-order valence-corrected chi connectivity index (χ0v) is 12.5. The second-order valence-electron chi connectivity index (χ2n) is 4.93. The van der Waals surface area contributed by atoms with Gasteiger partial charge in [-0.25, -0.2) is 4.98 Å². The largest absolute Gasteiger partial charge is 0.374 e. The highest BCUT2D eigenvalue weighted by atomic mass is 32.1. The first kappa shape index (κ1) is 14.0. The highest BCUT2D eigenvalue weighted by Crippen LogP contribution is 2.44. The van der Waals surface area contributed by atoms with Gasteiger partial charge in [-0.1, -0.05) is 20.3 Å². The molecule has 1 unspecified atom stereocenters. The van der Waals surface area contributed by atoms with E-state index in [1.165, 1.54) is 28.4 Å². The Morgan fingerprint density at radius 3 is 2.78 bits per heavy atom. The third-order valence-electron chi connectivity index (χ3n) is 3.35. The van der Waals surface area contributed by atoms with E-state index in [9.17, 15) is 0 Å². The second-order valence-corrected chi connectivity index (χ2v) is 6.04. The van der Waals surface area contributed by atoms with Crippen LogP contribution in [0.5, 0.6) is 0 Å². The molecule has 18 heavy (non-hydrogen) atoms. The summed E-state index contributed by atoms with van der Waals surface area (Å²) in [4.78, 5) is 6.29. The smallest absolute Gasteiger partial charge is 0.122 e. The van der Waals surface area contributed by atoms with Gasteiger partial charge in [-0.2, -0.15) is 0 Å². The van der Waals surface area contributed by atoms with Crippen molar-refractivity contribution in [2.75, 3.05) is 13.7 Å². The van der Waals surface area contributed by atoms with Crippen LogP contribution in [0.1, 0.15) is 67.1 Å². The summed E-state index contributed by atoms with van der Waals surface area (Å²) in [6.45, 7) is 6.32. The molecule has 1 aromatic rings. The third kappa shape index (κ3) is 3.31. The molecular formula is C14H24N2OS. The van der Waals surface area contributed by atoms with Crippen LogP contribution in [0.15, 0.2) is 0 Å². The molecule has 1 aliphatic rings. The molecule has 2 rings (SSSR count). The number of hydrogen-bond acceptors (Lipinski definition) is 4. The maximum atomic E-state index is 5.58. The molecule has 1 aromatic heterocycles. The molecule has 0 aromatic carbocycles. The van der Waals surface area contributed by atoms with Gasteiger partial charge in [0, 0.05) is 24.4 Å². The summed E-state index contributed by atoms with van der Waals surface area (Å²) < 4.78 is 5.58. The van der Waals surface area contributed by atoms with Gasteiger partial charge in [-0.05, 0) is 25.8 Å². The molecule has 1 atom stereocenters. The van der Waals surface area contributed by atoms with Gasteiger partial charge in [0.15, 0.2) is 0 Å². The first-order chi connectivity index (χ1) is 8.80. The van der Waals surface area contributed by atoms with E-state index in [0.29, 0.717) is 0 Å². The summed E-state index contributed by atoms with van der Waals surface area (Å²) in [5.74, 6) is 0.725. The minimum absolute atomic E-state index is 0.188. The monoisotopic (exact) mass is 268 g/mol. The summed E-state index contributed by atoms with van der Waals surface area (Å²) in [5, 5.41) is 4.59. The topological polar surface area (TPSA) is 34.1 Å². The average Bonchev–Trinajstić information content (AvgIpc) is 3.14. The van der Waals surface area contributed by atoms with E-state index in [2.05, 4.69) is 19.2 Å². The van der Waals surface area contributed by atoms with E-state index in [0.717, 1.165) is 31.8 Å². The number of nitrogens with zero attached hydrogens (tertiary/aromatic N) is 1. The Labute approximate surface area is 114 Å². The van der Waals surface area contributed by atoms with Crippen LogP contribution in [0.4, 0.5) is 0 Å². The second kappa shape index (κ2) is 6.64. The Bertz CT molecular complexity index is 374. The zero-order chi connectivity index (χ0) is 13.0. The van der Waals surface area contributed by atoms with Crippen molar-refractivity contribution in [3.05, 3.63) is 15.6 Å². The van der Waals surface area contributed by atoms with Crippen LogP contribution >= 0.6 is 11.3 Å². The van der Waals surface area contributed by atoms with Gasteiger partial charge in [0.2, 0.25) is 0 Å². The average molecular weight is 268 g/mol. The molecule has 0 spiro atoms. The van der Waals surface area contributed by atoms with Gasteiger partial charge >= 0.3 is 0 Å². The molecule has 1 heterocycles. The summed E-state index contributed by atoms with van der Waals surface area (Å²) in [6.07, 6.45) is 5.02. The van der Waals surface area contributed by atoms with Crippen molar-refractivity contribution < 1.29 is 4.74 Å². The van der Waals surface area contributed by atoms with E-state index < -0.39 is 0 Å². The number of ether oxygens (including phenoxy) is 1. The quantitative estimate of drug-likeness (QED) is 0.782. The molecule has 102 valence electrons. The Morgan fingerprint density at radius 2 is 2.22 bits per heavy atom. The van der Waals surface area contributed by atoms with Crippen molar-refractivity contribution >= 4 is 11.3 Å². The normalized spacial score (nSPS) is 17.1. The van der Waals surface area contributed by atoms with E-state index in [-0.39, 0.29) is 6.10 Å². The fourth-order valence-corrected chi connectivity index (χ4v) is 3.40. The van der Waals surface area contributed by atoms with Gasteiger partial charge in [-0.3, -0.25) is 0 Å². The van der Waals surface area contributed by atoms with Crippen molar-refractivity contribution in [1.29, 1.82) is 0 Å². The Morgan fingerprint density at radius 1 is 1.44 bits per heavy atom.